The monoisotopic (exact) mass is 352 g/mol. The van der Waals surface area contributed by atoms with Gasteiger partial charge in [0.25, 0.3) is 0 Å². The highest BCUT2D eigenvalue weighted by atomic mass is 79.9. The molecular formula is C18H29BrN2. The van der Waals surface area contributed by atoms with Gasteiger partial charge < -0.3 is 5.32 Å². The lowest BCUT2D eigenvalue weighted by molar-refractivity contribution is 0.256. The van der Waals surface area contributed by atoms with Crippen molar-refractivity contribution >= 4 is 15.9 Å². The van der Waals surface area contributed by atoms with E-state index in [9.17, 15) is 0 Å². The highest BCUT2D eigenvalue weighted by molar-refractivity contribution is 9.10. The van der Waals surface area contributed by atoms with Gasteiger partial charge in [0.05, 0.1) is 0 Å². The summed E-state index contributed by atoms with van der Waals surface area (Å²) in [5, 5.41) is 3.50. The fourth-order valence-electron chi connectivity index (χ4n) is 3.16. The van der Waals surface area contributed by atoms with Gasteiger partial charge in [-0.25, -0.2) is 0 Å². The summed E-state index contributed by atoms with van der Waals surface area (Å²) >= 11 is 3.76. The lowest BCUT2D eigenvalue weighted by atomic mass is 10.1. The van der Waals surface area contributed by atoms with Gasteiger partial charge >= 0.3 is 0 Å². The summed E-state index contributed by atoms with van der Waals surface area (Å²) in [6.45, 7) is 13.5. The highest BCUT2D eigenvalue weighted by Crippen LogP contribution is 2.27. The predicted octanol–water partition coefficient (Wildman–Crippen LogP) is 4.43. The Morgan fingerprint density at radius 2 is 2.10 bits per heavy atom. The smallest absolute Gasteiger partial charge is 0.0247 e. The van der Waals surface area contributed by atoms with E-state index in [4.69, 9.17) is 0 Å². The van der Waals surface area contributed by atoms with Crippen LogP contribution in [0.2, 0.25) is 0 Å². The molecule has 0 aliphatic carbocycles. The third kappa shape index (κ3) is 5.08. The summed E-state index contributed by atoms with van der Waals surface area (Å²) in [4.78, 5) is 2.60. The molecule has 0 bridgehead atoms. The molecule has 1 aliphatic rings. The molecule has 2 nitrogen and oxygen atoms in total. The van der Waals surface area contributed by atoms with Crippen LogP contribution in [-0.4, -0.2) is 24.0 Å². The molecule has 3 heteroatoms. The summed E-state index contributed by atoms with van der Waals surface area (Å²) in [6, 6.07) is 7.52. The molecule has 2 unspecified atom stereocenters. The zero-order valence-electron chi connectivity index (χ0n) is 13.8. The van der Waals surface area contributed by atoms with Crippen LogP contribution in [0.4, 0.5) is 0 Å². The Morgan fingerprint density at radius 1 is 1.33 bits per heavy atom. The predicted molar refractivity (Wildman–Crippen MR) is 94.3 cm³/mol. The molecule has 0 saturated carbocycles. The molecule has 0 amide bonds. The van der Waals surface area contributed by atoms with Crippen molar-refractivity contribution in [1.82, 2.24) is 10.2 Å². The van der Waals surface area contributed by atoms with Crippen molar-refractivity contribution < 1.29 is 0 Å². The maximum Gasteiger partial charge on any atom is 0.0247 e. The Bertz CT molecular complexity index is 459. The number of nitrogens with zero attached hydrogens (tertiary/aromatic N) is 1. The van der Waals surface area contributed by atoms with Gasteiger partial charge in [-0.1, -0.05) is 48.8 Å². The molecule has 1 aliphatic heterocycles. The minimum Gasteiger partial charge on any atom is -0.312 e. The van der Waals surface area contributed by atoms with Gasteiger partial charge in [0, 0.05) is 30.1 Å². The van der Waals surface area contributed by atoms with E-state index in [1.54, 1.807) is 0 Å². The first-order valence-electron chi connectivity index (χ1n) is 8.17. The number of nitrogens with one attached hydrogen (secondary N) is 1. The van der Waals surface area contributed by atoms with E-state index >= 15 is 0 Å². The molecule has 1 N–H and O–H groups in total. The molecule has 0 radical (unpaired) electrons. The van der Waals surface area contributed by atoms with Gasteiger partial charge in [0.2, 0.25) is 0 Å². The molecule has 2 rings (SSSR count). The summed E-state index contributed by atoms with van der Waals surface area (Å²) in [7, 11) is 0. The van der Waals surface area contributed by atoms with E-state index in [-0.39, 0.29) is 0 Å². The van der Waals surface area contributed by atoms with E-state index in [0.29, 0.717) is 12.0 Å². The molecule has 1 saturated heterocycles. The van der Waals surface area contributed by atoms with E-state index in [2.05, 4.69) is 72.0 Å². The maximum absolute atomic E-state index is 3.76. The van der Waals surface area contributed by atoms with E-state index in [1.165, 1.54) is 28.6 Å². The lowest BCUT2D eigenvalue weighted by Crippen LogP contribution is -2.26. The molecule has 0 aromatic heterocycles. The van der Waals surface area contributed by atoms with Crippen LogP contribution in [0, 0.1) is 11.8 Å². The second-order valence-electron chi connectivity index (χ2n) is 7.07. The van der Waals surface area contributed by atoms with Gasteiger partial charge in [-0.3, -0.25) is 4.90 Å². The van der Waals surface area contributed by atoms with Gasteiger partial charge in [0.15, 0.2) is 0 Å². The van der Waals surface area contributed by atoms with Crippen molar-refractivity contribution in [2.24, 2.45) is 11.8 Å². The Labute approximate surface area is 138 Å². The molecule has 1 heterocycles. The molecule has 118 valence electrons. The summed E-state index contributed by atoms with van der Waals surface area (Å²) in [6.07, 6.45) is 1.33. The number of halogens is 1. The normalized spacial score (nSPS) is 23.1. The molecule has 1 aromatic carbocycles. The first-order chi connectivity index (χ1) is 9.95. The van der Waals surface area contributed by atoms with E-state index in [1.807, 2.05) is 0 Å². The number of hydrogen-bond acceptors (Lipinski definition) is 2. The topological polar surface area (TPSA) is 15.3 Å². The zero-order chi connectivity index (χ0) is 15.4. The van der Waals surface area contributed by atoms with Crippen LogP contribution < -0.4 is 5.32 Å². The van der Waals surface area contributed by atoms with Crippen LogP contribution in [-0.2, 0) is 13.1 Å². The second-order valence-corrected chi connectivity index (χ2v) is 7.92. The Morgan fingerprint density at radius 3 is 2.67 bits per heavy atom. The Hall–Kier alpha value is -0.380. The van der Waals surface area contributed by atoms with Gasteiger partial charge in [-0.2, -0.15) is 0 Å². The SMILES string of the molecule is CC(C)CNCc1ccc(CN2CC(C)CC2C)c(Br)c1. The minimum absolute atomic E-state index is 0.700. The number of rotatable bonds is 6. The van der Waals surface area contributed by atoms with Gasteiger partial charge in [-0.05, 0) is 48.9 Å². The molecular weight excluding hydrogens is 324 g/mol. The third-order valence-electron chi connectivity index (χ3n) is 4.29. The average molecular weight is 353 g/mol. The lowest BCUT2D eigenvalue weighted by Gasteiger charge is -2.22. The molecule has 1 fully saturated rings. The van der Waals surface area contributed by atoms with Crippen LogP contribution in [0.15, 0.2) is 22.7 Å². The maximum atomic E-state index is 3.76. The second kappa shape index (κ2) is 7.75. The van der Waals surface area contributed by atoms with Gasteiger partial charge in [0.1, 0.15) is 0 Å². The highest BCUT2D eigenvalue weighted by Gasteiger charge is 2.26. The van der Waals surface area contributed by atoms with Crippen LogP contribution in [0.3, 0.4) is 0 Å². The Kier molecular flexibility index (Phi) is 6.27. The standard InChI is InChI=1S/C18H29BrN2/c1-13(2)9-20-10-16-5-6-17(18(19)8-16)12-21-11-14(3)7-15(21)4/h5-6,8,13-15,20H,7,9-12H2,1-4H3. The van der Waals surface area contributed by atoms with Gasteiger partial charge in [-0.15, -0.1) is 0 Å². The average Bonchev–Trinajstić information content (AvgIpc) is 2.70. The van der Waals surface area contributed by atoms with Crippen molar-refractivity contribution in [3.05, 3.63) is 33.8 Å². The fourth-order valence-corrected chi connectivity index (χ4v) is 3.71. The minimum atomic E-state index is 0.700. The third-order valence-corrected chi connectivity index (χ3v) is 5.02. The van der Waals surface area contributed by atoms with Crippen molar-refractivity contribution in [2.45, 2.75) is 53.2 Å². The fraction of sp³-hybridized carbons (Fsp3) is 0.667. The number of benzene rings is 1. The largest absolute Gasteiger partial charge is 0.312 e. The number of hydrogen-bond donors (Lipinski definition) is 1. The zero-order valence-corrected chi connectivity index (χ0v) is 15.4. The van der Waals surface area contributed by atoms with E-state index in [0.717, 1.165) is 25.6 Å². The van der Waals surface area contributed by atoms with Crippen molar-refractivity contribution in [1.29, 1.82) is 0 Å². The van der Waals surface area contributed by atoms with Crippen LogP contribution in [0.1, 0.15) is 45.2 Å². The van der Waals surface area contributed by atoms with Crippen LogP contribution in [0.5, 0.6) is 0 Å². The number of likely N-dealkylation sites (tertiary alicyclic amines) is 1. The van der Waals surface area contributed by atoms with Crippen molar-refractivity contribution in [3.63, 3.8) is 0 Å². The molecule has 1 aromatic rings. The van der Waals surface area contributed by atoms with Crippen LogP contribution >= 0.6 is 15.9 Å². The molecule has 0 spiro atoms. The molecule has 21 heavy (non-hydrogen) atoms. The summed E-state index contributed by atoms with van der Waals surface area (Å²) in [5.41, 5.74) is 2.76. The van der Waals surface area contributed by atoms with Crippen molar-refractivity contribution in [3.8, 4) is 0 Å². The van der Waals surface area contributed by atoms with E-state index < -0.39 is 0 Å². The Balaban J connectivity index is 1.93. The first-order valence-corrected chi connectivity index (χ1v) is 8.97. The van der Waals surface area contributed by atoms with Crippen LogP contribution in [0.25, 0.3) is 0 Å². The molecule has 2 atom stereocenters. The summed E-state index contributed by atoms with van der Waals surface area (Å²) < 4.78 is 1.25. The van der Waals surface area contributed by atoms with Crippen molar-refractivity contribution in [2.75, 3.05) is 13.1 Å². The first kappa shape index (κ1) is 17.0. The quantitative estimate of drug-likeness (QED) is 0.814. The summed E-state index contributed by atoms with van der Waals surface area (Å²) in [5.74, 6) is 1.53.